The molecule has 2 aromatic heterocycles. The summed E-state index contributed by atoms with van der Waals surface area (Å²) in [6.07, 6.45) is 4.70. The van der Waals surface area contributed by atoms with Crippen molar-refractivity contribution in [2.24, 2.45) is 0 Å². The van der Waals surface area contributed by atoms with Crippen LogP contribution in [0.4, 0.5) is 0 Å². The zero-order valence-electron chi connectivity index (χ0n) is 9.46. The van der Waals surface area contributed by atoms with Gasteiger partial charge in [0.25, 0.3) is 0 Å². The average molecular weight is 309 g/mol. The lowest BCUT2D eigenvalue weighted by Gasteiger charge is -2.06. The lowest BCUT2D eigenvalue weighted by molar-refractivity contribution is 0.0593. The maximum Gasteiger partial charge on any atom is 0.356 e. The van der Waals surface area contributed by atoms with Crippen LogP contribution < -0.4 is 4.74 Å². The summed E-state index contributed by atoms with van der Waals surface area (Å²) in [4.78, 5) is 19.2. The van der Waals surface area contributed by atoms with Crippen LogP contribution in [0.25, 0.3) is 0 Å². The second kappa shape index (κ2) is 5.59. The predicted molar refractivity (Wildman–Crippen MR) is 67.6 cm³/mol. The molecule has 0 unspecified atom stereocenters. The number of esters is 1. The fraction of sp³-hybridized carbons (Fsp3) is 0.0833. The molecule has 0 saturated carbocycles. The van der Waals surface area contributed by atoms with E-state index in [0.29, 0.717) is 11.5 Å². The zero-order valence-corrected chi connectivity index (χ0v) is 11.0. The minimum atomic E-state index is -0.507. The van der Waals surface area contributed by atoms with Crippen LogP contribution in [0.1, 0.15) is 10.5 Å². The predicted octanol–water partition coefficient (Wildman–Crippen LogP) is 2.82. The van der Waals surface area contributed by atoms with Gasteiger partial charge in [0.15, 0.2) is 5.69 Å². The van der Waals surface area contributed by atoms with Crippen molar-refractivity contribution in [2.75, 3.05) is 7.11 Å². The number of ether oxygens (including phenoxy) is 2. The molecular formula is C12H9BrN2O3. The van der Waals surface area contributed by atoms with Gasteiger partial charge in [-0.15, -0.1) is 0 Å². The van der Waals surface area contributed by atoms with Crippen molar-refractivity contribution in [1.82, 2.24) is 9.97 Å². The first-order chi connectivity index (χ1) is 8.69. The van der Waals surface area contributed by atoms with E-state index in [1.54, 1.807) is 24.5 Å². The van der Waals surface area contributed by atoms with Gasteiger partial charge in [0, 0.05) is 22.9 Å². The van der Waals surface area contributed by atoms with E-state index in [9.17, 15) is 4.79 Å². The van der Waals surface area contributed by atoms with Gasteiger partial charge in [-0.1, -0.05) is 0 Å². The normalized spacial score (nSPS) is 9.89. The molecule has 2 rings (SSSR count). The molecule has 5 nitrogen and oxygen atoms in total. The molecule has 6 heteroatoms. The first kappa shape index (κ1) is 12.5. The highest BCUT2D eigenvalue weighted by molar-refractivity contribution is 9.10. The summed E-state index contributed by atoms with van der Waals surface area (Å²) in [6, 6.07) is 4.92. The van der Waals surface area contributed by atoms with E-state index in [2.05, 4.69) is 30.6 Å². The summed E-state index contributed by atoms with van der Waals surface area (Å²) in [5.74, 6) is 0.546. The van der Waals surface area contributed by atoms with Crippen molar-refractivity contribution in [3.05, 3.63) is 47.0 Å². The Hall–Kier alpha value is -1.95. The van der Waals surface area contributed by atoms with Gasteiger partial charge < -0.3 is 9.47 Å². The van der Waals surface area contributed by atoms with Crippen LogP contribution in [-0.2, 0) is 4.74 Å². The molecule has 0 spiro atoms. The molecule has 0 aromatic carbocycles. The second-order valence-corrected chi connectivity index (χ2v) is 4.22. The number of halogens is 1. The van der Waals surface area contributed by atoms with Crippen molar-refractivity contribution in [2.45, 2.75) is 0 Å². The summed E-state index contributed by atoms with van der Waals surface area (Å²) in [7, 11) is 1.30. The van der Waals surface area contributed by atoms with Gasteiger partial charge in [0.05, 0.1) is 13.3 Å². The standard InChI is InChI=1S/C12H9BrN2O3/c1-17-12(16)11-5-9(2-3-15-11)18-10-4-8(13)6-14-7-10/h2-7H,1H3. The molecule has 0 aliphatic heterocycles. The molecule has 0 fully saturated rings. The number of carbonyl (C=O) groups excluding carboxylic acids is 1. The van der Waals surface area contributed by atoms with Crippen molar-refractivity contribution in [3.8, 4) is 11.5 Å². The van der Waals surface area contributed by atoms with Crippen LogP contribution in [0.15, 0.2) is 41.3 Å². The van der Waals surface area contributed by atoms with Crippen molar-refractivity contribution in [3.63, 3.8) is 0 Å². The van der Waals surface area contributed by atoms with E-state index < -0.39 is 5.97 Å². The smallest absolute Gasteiger partial charge is 0.356 e. The molecule has 18 heavy (non-hydrogen) atoms. The van der Waals surface area contributed by atoms with Gasteiger partial charge in [-0.2, -0.15) is 0 Å². The quantitative estimate of drug-likeness (QED) is 0.816. The SMILES string of the molecule is COC(=O)c1cc(Oc2cncc(Br)c2)ccn1. The molecular weight excluding hydrogens is 300 g/mol. The minimum Gasteiger partial charge on any atom is -0.464 e. The van der Waals surface area contributed by atoms with Crippen LogP contribution in [0.3, 0.4) is 0 Å². The number of nitrogens with zero attached hydrogens (tertiary/aromatic N) is 2. The van der Waals surface area contributed by atoms with Gasteiger partial charge >= 0.3 is 5.97 Å². The largest absolute Gasteiger partial charge is 0.464 e. The highest BCUT2D eigenvalue weighted by Gasteiger charge is 2.08. The molecule has 0 radical (unpaired) electrons. The third kappa shape index (κ3) is 3.04. The fourth-order valence-electron chi connectivity index (χ4n) is 1.28. The van der Waals surface area contributed by atoms with Crippen LogP contribution in [0, 0.1) is 0 Å². The van der Waals surface area contributed by atoms with Crippen molar-refractivity contribution in [1.29, 1.82) is 0 Å². The fourth-order valence-corrected chi connectivity index (χ4v) is 1.62. The molecule has 0 N–H and O–H groups in total. The molecule has 0 aliphatic rings. The van der Waals surface area contributed by atoms with Gasteiger partial charge in [-0.3, -0.25) is 4.98 Å². The molecule has 0 atom stereocenters. The molecule has 2 heterocycles. The minimum absolute atomic E-state index is 0.193. The Labute approximate surface area is 112 Å². The number of pyridine rings is 2. The Morgan fingerprint density at radius 1 is 1.28 bits per heavy atom. The first-order valence-corrected chi connectivity index (χ1v) is 5.81. The number of hydrogen-bond donors (Lipinski definition) is 0. The van der Waals surface area contributed by atoms with E-state index in [0.717, 1.165) is 4.47 Å². The van der Waals surface area contributed by atoms with E-state index in [-0.39, 0.29) is 5.69 Å². The van der Waals surface area contributed by atoms with Crippen LogP contribution in [0.2, 0.25) is 0 Å². The van der Waals surface area contributed by atoms with Gasteiger partial charge in [-0.05, 0) is 28.1 Å². The zero-order chi connectivity index (χ0) is 13.0. The summed E-state index contributed by atoms with van der Waals surface area (Å²) in [6.45, 7) is 0. The molecule has 92 valence electrons. The number of aromatic nitrogens is 2. The van der Waals surface area contributed by atoms with Crippen molar-refractivity contribution >= 4 is 21.9 Å². The second-order valence-electron chi connectivity index (χ2n) is 3.31. The lowest BCUT2D eigenvalue weighted by atomic mass is 10.3. The number of rotatable bonds is 3. The van der Waals surface area contributed by atoms with Crippen molar-refractivity contribution < 1.29 is 14.3 Å². The van der Waals surface area contributed by atoms with E-state index in [1.807, 2.05) is 0 Å². The molecule has 2 aromatic rings. The Morgan fingerprint density at radius 2 is 2.11 bits per heavy atom. The van der Waals surface area contributed by atoms with Crippen LogP contribution in [-0.4, -0.2) is 23.0 Å². The average Bonchev–Trinajstić information content (AvgIpc) is 2.38. The summed E-state index contributed by atoms with van der Waals surface area (Å²) in [5, 5.41) is 0. The Kier molecular flexibility index (Phi) is 3.88. The third-order valence-corrected chi connectivity index (χ3v) is 2.48. The highest BCUT2D eigenvalue weighted by atomic mass is 79.9. The van der Waals surface area contributed by atoms with E-state index in [1.165, 1.54) is 19.4 Å². The third-order valence-electron chi connectivity index (χ3n) is 2.04. The molecule has 0 saturated heterocycles. The summed E-state index contributed by atoms with van der Waals surface area (Å²) in [5.41, 5.74) is 0.193. The number of hydrogen-bond acceptors (Lipinski definition) is 5. The first-order valence-electron chi connectivity index (χ1n) is 5.02. The summed E-state index contributed by atoms with van der Waals surface area (Å²) >= 11 is 3.30. The molecule has 0 aliphatic carbocycles. The monoisotopic (exact) mass is 308 g/mol. The van der Waals surface area contributed by atoms with Gasteiger partial charge in [0.2, 0.25) is 0 Å². The Morgan fingerprint density at radius 3 is 2.83 bits per heavy atom. The van der Waals surface area contributed by atoms with E-state index in [4.69, 9.17) is 4.74 Å². The highest BCUT2D eigenvalue weighted by Crippen LogP contribution is 2.23. The van der Waals surface area contributed by atoms with Gasteiger partial charge in [0.1, 0.15) is 11.5 Å². The Bertz CT molecular complexity index is 575. The Balaban J connectivity index is 2.22. The summed E-state index contributed by atoms with van der Waals surface area (Å²) < 4.78 is 10.9. The number of carbonyl (C=O) groups is 1. The van der Waals surface area contributed by atoms with E-state index >= 15 is 0 Å². The molecule has 0 bridgehead atoms. The maximum absolute atomic E-state index is 11.3. The van der Waals surface area contributed by atoms with Crippen LogP contribution >= 0.6 is 15.9 Å². The lowest BCUT2D eigenvalue weighted by Crippen LogP contribution is -2.03. The maximum atomic E-state index is 11.3. The number of methoxy groups -OCH3 is 1. The molecule has 0 amide bonds. The van der Waals surface area contributed by atoms with Crippen LogP contribution in [0.5, 0.6) is 11.5 Å². The van der Waals surface area contributed by atoms with Gasteiger partial charge in [-0.25, -0.2) is 9.78 Å². The topological polar surface area (TPSA) is 61.3 Å².